The molecule has 3 heterocycles. The molecule has 55 heavy (non-hydrogen) atoms. The van der Waals surface area contributed by atoms with Crippen molar-refractivity contribution < 1.29 is 19.2 Å². The third-order valence-corrected chi connectivity index (χ3v) is 9.14. The van der Waals surface area contributed by atoms with E-state index in [4.69, 9.17) is 0 Å². The number of H-pyrrole nitrogens is 2. The maximum atomic E-state index is 12.4. The van der Waals surface area contributed by atoms with E-state index in [2.05, 4.69) is 36.2 Å². The van der Waals surface area contributed by atoms with E-state index in [0.29, 0.717) is 65.6 Å². The van der Waals surface area contributed by atoms with E-state index < -0.39 is 22.5 Å². The van der Waals surface area contributed by atoms with Crippen LogP contribution in [0.5, 0.6) is 0 Å². The molecule has 4 amide bonds. The molecule has 0 atom stereocenters. The summed E-state index contributed by atoms with van der Waals surface area (Å²) in [4.78, 5) is 104. The van der Waals surface area contributed by atoms with Gasteiger partial charge in [-0.3, -0.25) is 47.9 Å². The minimum atomic E-state index is -0.558. The topological polar surface area (TPSA) is 238 Å². The first-order chi connectivity index (χ1) is 26.4. The number of hydrogen-bond acceptors (Lipinski definition) is 10. The highest BCUT2D eigenvalue weighted by Gasteiger charge is 2.09. The summed E-state index contributed by atoms with van der Waals surface area (Å²) in [5.74, 6) is -0.749. The van der Waals surface area contributed by atoms with Gasteiger partial charge in [-0.2, -0.15) is 0 Å². The smallest absolute Gasteiger partial charge is 0.328 e. The number of rotatable bonds is 20. The predicted octanol–water partition coefficient (Wildman–Crippen LogP) is 2.45. The van der Waals surface area contributed by atoms with Crippen molar-refractivity contribution in [1.29, 1.82) is 0 Å². The van der Waals surface area contributed by atoms with Gasteiger partial charge in [-0.25, -0.2) is 14.6 Å². The van der Waals surface area contributed by atoms with Crippen molar-refractivity contribution in [3.05, 3.63) is 107 Å². The fourth-order valence-corrected chi connectivity index (χ4v) is 5.91. The first kappa shape index (κ1) is 41.6. The summed E-state index contributed by atoms with van der Waals surface area (Å²) in [7, 11) is 0. The number of unbranched alkanes of at least 4 members (excludes halogenated alkanes) is 2. The van der Waals surface area contributed by atoms with E-state index in [-0.39, 0.29) is 62.4 Å². The number of aliphatic imine (C=N–C) groups is 1. The first-order valence-corrected chi connectivity index (χ1v) is 18.7. The lowest BCUT2D eigenvalue weighted by Crippen LogP contribution is -2.33. The van der Waals surface area contributed by atoms with Gasteiger partial charge < -0.3 is 21.3 Å². The quantitative estimate of drug-likeness (QED) is 0.0575. The van der Waals surface area contributed by atoms with E-state index in [0.717, 1.165) is 5.56 Å². The van der Waals surface area contributed by atoms with Crippen LogP contribution in [0.15, 0.2) is 73.0 Å². The van der Waals surface area contributed by atoms with E-state index in [1.807, 2.05) is 12.1 Å². The molecule has 0 aliphatic rings. The van der Waals surface area contributed by atoms with Gasteiger partial charge in [0.05, 0.1) is 5.00 Å². The standard InChI is InChI=1S/C37H45N9O8S/c1-24-22-45(36(53)43-34(24)51)19-15-28(47)38-17-5-3-7-30(49)41-27-11-9-26(10-12-27)21-40-32-13-14-33(55-32)42-31(50)8-4-6-18-39-29(48)16-20-46-23-25(2)35(52)44-37(46)54/h9-14,21-23H,3-8,15-20H2,1-2H3,(H,38,47)(H,39,48)(H,41,49)(H,42,50)(H,43,51,53)(H,44,52,54). The number of thiophene rings is 1. The van der Waals surface area contributed by atoms with Gasteiger partial charge in [0.25, 0.3) is 11.1 Å². The van der Waals surface area contributed by atoms with Crippen LogP contribution in [0.4, 0.5) is 15.7 Å². The Morgan fingerprint density at radius 3 is 1.69 bits per heavy atom. The second-order valence-electron chi connectivity index (χ2n) is 12.8. The van der Waals surface area contributed by atoms with Crippen LogP contribution in [0.25, 0.3) is 0 Å². The van der Waals surface area contributed by atoms with Crippen LogP contribution in [0, 0.1) is 13.8 Å². The number of aryl methyl sites for hydroxylation is 4. The van der Waals surface area contributed by atoms with Crippen molar-refractivity contribution in [1.82, 2.24) is 29.7 Å². The third-order valence-electron chi connectivity index (χ3n) is 8.23. The monoisotopic (exact) mass is 775 g/mol. The summed E-state index contributed by atoms with van der Waals surface area (Å²) in [5, 5.41) is 12.6. The lowest BCUT2D eigenvalue weighted by Gasteiger charge is -2.08. The van der Waals surface area contributed by atoms with Gasteiger partial charge in [0.15, 0.2) is 0 Å². The third kappa shape index (κ3) is 14.3. The number of nitrogens with zero attached hydrogens (tertiary/aromatic N) is 3. The van der Waals surface area contributed by atoms with Crippen LogP contribution in [-0.2, 0) is 32.3 Å². The minimum Gasteiger partial charge on any atom is -0.356 e. The molecular formula is C37H45N9O8S. The zero-order valence-electron chi connectivity index (χ0n) is 30.7. The van der Waals surface area contributed by atoms with Gasteiger partial charge in [-0.15, -0.1) is 0 Å². The average Bonchev–Trinajstić information content (AvgIpc) is 3.59. The van der Waals surface area contributed by atoms with Crippen LogP contribution in [-0.4, -0.2) is 62.0 Å². The Balaban J connectivity index is 1.05. The van der Waals surface area contributed by atoms with Gasteiger partial charge in [0.1, 0.15) is 5.00 Å². The first-order valence-electron chi connectivity index (χ1n) is 17.8. The van der Waals surface area contributed by atoms with Crippen molar-refractivity contribution >= 4 is 56.9 Å². The Kier molecular flexibility index (Phi) is 15.8. The zero-order valence-corrected chi connectivity index (χ0v) is 31.5. The molecule has 6 N–H and O–H groups in total. The fourth-order valence-electron chi connectivity index (χ4n) is 5.15. The van der Waals surface area contributed by atoms with Gasteiger partial charge >= 0.3 is 11.4 Å². The molecule has 0 bridgehead atoms. The maximum absolute atomic E-state index is 12.4. The van der Waals surface area contributed by atoms with E-state index in [1.165, 1.54) is 32.9 Å². The summed E-state index contributed by atoms with van der Waals surface area (Å²) in [6, 6.07) is 10.8. The summed E-state index contributed by atoms with van der Waals surface area (Å²) in [6.07, 6.45) is 7.65. The summed E-state index contributed by atoms with van der Waals surface area (Å²) >= 11 is 1.33. The average molecular weight is 776 g/mol. The molecule has 17 nitrogen and oxygen atoms in total. The number of amides is 4. The van der Waals surface area contributed by atoms with Crippen LogP contribution in [0.3, 0.4) is 0 Å². The van der Waals surface area contributed by atoms with Crippen molar-refractivity contribution in [3.8, 4) is 0 Å². The number of carbonyl (C=O) groups excluding carboxylic acids is 4. The van der Waals surface area contributed by atoms with E-state index >= 15 is 0 Å². The summed E-state index contributed by atoms with van der Waals surface area (Å²) in [6.45, 7) is 4.26. The lowest BCUT2D eigenvalue weighted by molar-refractivity contribution is -0.122. The largest absolute Gasteiger partial charge is 0.356 e. The number of benzene rings is 1. The SMILES string of the molecule is Cc1cn(CCC(=O)NCCCCC(=O)Nc2ccc(C=Nc3ccc(NC(=O)CCCCNC(=O)CCn4cc(C)c(=O)[nH]c4=O)s3)cc2)c(=O)[nH]c1=O. The van der Waals surface area contributed by atoms with Crippen LogP contribution in [0.2, 0.25) is 0 Å². The molecule has 0 spiro atoms. The minimum absolute atomic E-state index is 0.0864. The highest BCUT2D eigenvalue weighted by Crippen LogP contribution is 2.29. The van der Waals surface area contributed by atoms with Crippen molar-refractivity contribution in [2.45, 2.75) is 78.3 Å². The van der Waals surface area contributed by atoms with E-state index in [1.54, 1.807) is 44.3 Å². The number of nitrogens with one attached hydrogen (secondary N) is 6. The molecule has 292 valence electrons. The second-order valence-corrected chi connectivity index (χ2v) is 13.8. The number of hydrogen-bond donors (Lipinski definition) is 6. The summed E-state index contributed by atoms with van der Waals surface area (Å²) in [5.41, 5.74) is 0.228. The highest BCUT2D eigenvalue weighted by atomic mass is 32.1. The van der Waals surface area contributed by atoms with Crippen LogP contribution >= 0.6 is 11.3 Å². The molecular weight excluding hydrogens is 731 g/mol. The number of carbonyl (C=O) groups is 4. The Morgan fingerprint density at radius 2 is 1.16 bits per heavy atom. The maximum Gasteiger partial charge on any atom is 0.328 e. The number of aromatic amines is 2. The molecule has 0 radical (unpaired) electrons. The Hall–Kier alpha value is -6.17. The molecule has 0 fully saturated rings. The second kappa shape index (κ2) is 20.9. The van der Waals surface area contributed by atoms with Crippen molar-refractivity contribution in [2.75, 3.05) is 23.7 Å². The molecule has 0 saturated heterocycles. The molecule has 0 aliphatic heterocycles. The predicted molar refractivity (Wildman–Crippen MR) is 210 cm³/mol. The molecule has 0 unspecified atom stereocenters. The van der Waals surface area contributed by atoms with Crippen LogP contribution in [0.1, 0.15) is 68.1 Å². The summed E-state index contributed by atoms with van der Waals surface area (Å²) < 4.78 is 2.58. The van der Waals surface area contributed by atoms with E-state index in [9.17, 15) is 38.4 Å². The molecule has 3 aromatic heterocycles. The Morgan fingerprint density at radius 1 is 0.655 bits per heavy atom. The number of anilines is 2. The van der Waals surface area contributed by atoms with Gasteiger partial charge in [-0.05, 0) is 69.4 Å². The lowest BCUT2D eigenvalue weighted by atomic mass is 10.2. The number of aromatic nitrogens is 4. The van der Waals surface area contributed by atoms with Gasteiger partial charge in [-0.1, -0.05) is 23.5 Å². The molecule has 18 heteroatoms. The van der Waals surface area contributed by atoms with Crippen molar-refractivity contribution in [3.63, 3.8) is 0 Å². The molecule has 0 saturated carbocycles. The van der Waals surface area contributed by atoms with Crippen molar-refractivity contribution in [2.24, 2.45) is 4.99 Å². The molecule has 4 rings (SSSR count). The van der Waals surface area contributed by atoms with Gasteiger partial charge in [0, 0.05) is 87.3 Å². The highest BCUT2D eigenvalue weighted by molar-refractivity contribution is 7.19. The fraction of sp³-hybridized carbons (Fsp3) is 0.378. The normalized spacial score (nSPS) is 11.0. The molecule has 4 aromatic rings. The molecule has 1 aromatic carbocycles. The molecule has 0 aliphatic carbocycles. The Bertz CT molecular complexity index is 2230. The van der Waals surface area contributed by atoms with Gasteiger partial charge in [0.2, 0.25) is 23.6 Å². The Labute approximate surface area is 319 Å². The zero-order chi connectivity index (χ0) is 39.7. The van der Waals surface area contributed by atoms with Crippen LogP contribution < -0.4 is 43.8 Å².